The fraction of sp³-hybridized carbons (Fsp3) is 0.231. The molecule has 4 nitrogen and oxygen atoms in total. The van der Waals surface area contributed by atoms with Crippen LogP contribution in [0.15, 0.2) is 24.4 Å². The zero-order chi connectivity index (χ0) is 13.8. The van der Waals surface area contributed by atoms with Gasteiger partial charge < -0.3 is 11.1 Å². The minimum Gasteiger partial charge on any atom is -0.383 e. The van der Waals surface area contributed by atoms with E-state index in [0.29, 0.717) is 6.54 Å². The molecule has 2 aromatic rings. The Morgan fingerprint density at radius 1 is 1.47 bits per heavy atom. The smallest absolute Gasteiger partial charge is 0.255 e. The molecule has 1 amide bonds. The molecule has 2 aromatic heterocycles. The summed E-state index contributed by atoms with van der Waals surface area (Å²) in [6, 6.07) is 5.09. The Morgan fingerprint density at radius 3 is 2.89 bits per heavy atom. The molecule has 3 N–H and O–H groups in total. The normalized spacial score (nSPS) is 10.4. The van der Waals surface area contributed by atoms with E-state index >= 15 is 0 Å². The van der Waals surface area contributed by atoms with Crippen LogP contribution in [-0.2, 0) is 13.0 Å². The van der Waals surface area contributed by atoms with Crippen molar-refractivity contribution in [2.75, 3.05) is 5.73 Å². The predicted molar refractivity (Wildman–Crippen MR) is 73.5 cm³/mol. The van der Waals surface area contributed by atoms with Gasteiger partial charge in [0.25, 0.3) is 5.91 Å². The molecule has 100 valence electrons. The minimum atomic E-state index is -0.580. The topological polar surface area (TPSA) is 68.0 Å². The highest BCUT2D eigenvalue weighted by atomic mass is 32.1. The van der Waals surface area contributed by atoms with Crippen molar-refractivity contribution in [3.63, 3.8) is 0 Å². The number of nitrogens with zero attached hydrogens (tertiary/aromatic N) is 1. The number of amides is 1. The van der Waals surface area contributed by atoms with E-state index in [-0.39, 0.29) is 11.4 Å². The molecular formula is C13H14FN3OS. The summed E-state index contributed by atoms with van der Waals surface area (Å²) in [5, 5.41) is 2.71. The molecule has 6 heteroatoms. The molecule has 0 spiro atoms. The molecule has 0 aliphatic carbocycles. The van der Waals surface area contributed by atoms with E-state index in [0.717, 1.165) is 23.6 Å². The zero-order valence-electron chi connectivity index (χ0n) is 10.4. The maximum atomic E-state index is 13.0. The molecule has 0 atom stereocenters. The summed E-state index contributed by atoms with van der Waals surface area (Å²) in [6.45, 7) is 2.48. The molecule has 2 heterocycles. The lowest BCUT2D eigenvalue weighted by molar-refractivity contribution is 0.0951. The Labute approximate surface area is 114 Å². The summed E-state index contributed by atoms with van der Waals surface area (Å²) in [6.07, 6.45) is 1.96. The molecule has 2 rings (SSSR count). The quantitative estimate of drug-likeness (QED) is 0.902. The lowest BCUT2D eigenvalue weighted by atomic mass is 10.2. The highest BCUT2D eigenvalue weighted by molar-refractivity contribution is 7.11. The van der Waals surface area contributed by atoms with Crippen LogP contribution in [0.1, 0.15) is 27.0 Å². The van der Waals surface area contributed by atoms with Crippen LogP contribution in [0.3, 0.4) is 0 Å². The highest BCUT2D eigenvalue weighted by Gasteiger charge is 2.12. The van der Waals surface area contributed by atoms with Gasteiger partial charge in [-0.15, -0.1) is 11.3 Å². The van der Waals surface area contributed by atoms with Crippen LogP contribution in [0, 0.1) is 5.82 Å². The Hall–Kier alpha value is -1.95. The molecule has 0 saturated carbocycles. The van der Waals surface area contributed by atoms with Crippen LogP contribution in [0.4, 0.5) is 10.2 Å². The molecule has 0 unspecified atom stereocenters. The second-order valence-corrected chi connectivity index (χ2v) is 5.24. The van der Waals surface area contributed by atoms with Crippen molar-refractivity contribution < 1.29 is 9.18 Å². The van der Waals surface area contributed by atoms with E-state index in [4.69, 9.17) is 5.73 Å². The monoisotopic (exact) mass is 279 g/mol. The van der Waals surface area contributed by atoms with Crippen LogP contribution in [0.5, 0.6) is 0 Å². The summed E-state index contributed by atoms with van der Waals surface area (Å²) in [5.74, 6) is -0.973. The first-order chi connectivity index (χ1) is 9.10. The fourth-order valence-corrected chi connectivity index (χ4v) is 2.50. The zero-order valence-corrected chi connectivity index (χ0v) is 11.3. The second-order valence-electron chi connectivity index (χ2n) is 3.99. The number of nitrogen functional groups attached to an aromatic ring is 1. The number of halogens is 1. The summed E-state index contributed by atoms with van der Waals surface area (Å²) in [4.78, 5) is 17.8. The fourth-order valence-electron chi connectivity index (χ4n) is 1.60. The van der Waals surface area contributed by atoms with Crippen molar-refractivity contribution in [1.29, 1.82) is 0 Å². The summed E-state index contributed by atoms with van der Waals surface area (Å²) in [7, 11) is 0. The van der Waals surface area contributed by atoms with Gasteiger partial charge in [-0.2, -0.15) is 0 Å². The summed E-state index contributed by atoms with van der Waals surface area (Å²) < 4.78 is 13.0. The maximum Gasteiger partial charge on any atom is 0.255 e. The second kappa shape index (κ2) is 5.79. The van der Waals surface area contributed by atoms with Crippen molar-refractivity contribution in [3.05, 3.63) is 45.5 Å². The van der Waals surface area contributed by atoms with Crippen molar-refractivity contribution in [1.82, 2.24) is 10.3 Å². The van der Waals surface area contributed by atoms with Crippen LogP contribution in [0.2, 0.25) is 0 Å². The Balaban J connectivity index is 2.03. The SMILES string of the molecule is CCc1ccc(CNC(=O)c2cc(F)cnc2N)s1. The number of rotatable bonds is 4. The van der Waals surface area contributed by atoms with Gasteiger partial charge in [-0.05, 0) is 24.6 Å². The number of carbonyl (C=O) groups excluding carboxylic acids is 1. The van der Waals surface area contributed by atoms with Gasteiger partial charge in [0.15, 0.2) is 0 Å². The molecule has 0 fully saturated rings. The maximum absolute atomic E-state index is 13.0. The highest BCUT2D eigenvalue weighted by Crippen LogP contribution is 2.17. The molecular weight excluding hydrogens is 265 g/mol. The van der Waals surface area contributed by atoms with Crippen molar-refractivity contribution >= 4 is 23.1 Å². The standard InChI is InChI=1S/C13H14FN3OS/c1-2-9-3-4-10(19-9)7-17-13(18)11-5-8(14)6-16-12(11)15/h3-6H,2,7H2,1H3,(H2,15,16)(H,17,18). The van der Waals surface area contributed by atoms with Crippen LogP contribution >= 0.6 is 11.3 Å². The Kier molecular flexibility index (Phi) is 4.11. The summed E-state index contributed by atoms with van der Waals surface area (Å²) >= 11 is 1.64. The first-order valence-corrected chi connectivity index (χ1v) is 6.68. The van der Waals surface area contributed by atoms with E-state index in [1.165, 1.54) is 4.88 Å². The van der Waals surface area contributed by atoms with E-state index in [1.54, 1.807) is 11.3 Å². The van der Waals surface area contributed by atoms with Gasteiger partial charge in [0.2, 0.25) is 0 Å². The molecule has 19 heavy (non-hydrogen) atoms. The number of hydrogen-bond donors (Lipinski definition) is 2. The third-order valence-electron chi connectivity index (χ3n) is 2.62. The number of thiophene rings is 1. The predicted octanol–water partition coefficient (Wildman–Crippen LogP) is 2.36. The molecule has 0 radical (unpaired) electrons. The third kappa shape index (κ3) is 3.29. The number of carbonyl (C=O) groups is 1. The average Bonchev–Trinajstić information content (AvgIpc) is 2.87. The average molecular weight is 279 g/mol. The number of aromatic nitrogens is 1. The first-order valence-electron chi connectivity index (χ1n) is 5.87. The molecule has 0 aromatic carbocycles. The van der Waals surface area contributed by atoms with Crippen LogP contribution < -0.4 is 11.1 Å². The molecule has 0 aliphatic heterocycles. The number of aryl methyl sites for hydroxylation is 1. The molecule has 0 saturated heterocycles. The minimum absolute atomic E-state index is 0.0272. The third-order valence-corrected chi connectivity index (χ3v) is 3.85. The lowest BCUT2D eigenvalue weighted by Gasteiger charge is -2.05. The number of nitrogens with two attached hydrogens (primary N) is 1. The Morgan fingerprint density at radius 2 is 2.21 bits per heavy atom. The largest absolute Gasteiger partial charge is 0.383 e. The van der Waals surface area contributed by atoms with Crippen molar-refractivity contribution in [2.45, 2.75) is 19.9 Å². The van der Waals surface area contributed by atoms with E-state index in [9.17, 15) is 9.18 Å². The van der Waals surface area contributed by atoms with Gasteiger partial charge in [-0.1, -0.05) is 6.92 Å². The number of hydrogen-bond acceptors (Lipinski definition) is 4. The van der Waals surface area contributed by atoms with Gasteiger partial charge in [0.1, 0.15) is 11.6 Å². The molecule has 0 bridgehead atoms. The Bertz CT molecular complexity index is 597. The van der Waals surface area contributed by atoms with Crippen LogP contribution in [0.25, 0.3) is 0 Å². The summed E-state index contributed by atoms with van der Waals surface area (Å²) in [5.41, 5.74) is 5.61. The van der Waals surface area contributed by atoms with Gasteiger partial charge in [-0.25, -0.2) is 9.37 Å². The van der Waals surface area contributed by atoms with Gasteiger partial charge in [0.05, 0.1) is 18.3 Å². The van der Waals surface area contributed by atoms with Crippen LogP contribution in [-0.4, -0.2) is 10.9 Å². The first kappa shape index (κ1) is 13.5. The van der Waals surface area contributed by atoms with Gasteiger partial charge >= 0.3 is 0 Å². The number of nitrogens with one attached hydrogen (secondary N) is 1. The van der Waals surface area contributed by atoms with E-state index in [1.807, 2.05) is 12.1 Å². The van der Waals surface area contributed by atoms with Crippen molar-refractivity contribution in [2.24, 2.45) is 0 Å². The van der Waals surface area contributed by atoms with Gasteiger partial charge in [-0.3, -0.25) is 4.79 Å². The molecule has 0 aliphatic rings. The van der Waals surface area contributed by atoms with Gasteiger partial charge in [0, 0.05) is 9.75 Å². The van der Waals surface area contributed by atoms with E-state index in [2.05, 4.69) is 17.2 Å². The van der Waals surface area contributed by atoms with E-state index < -0.39 is 11.7 Å². The number of anilines is 1. The number of pyridine rings is 1. The lowest BCUT2D eigenvalue weighted by Crippen LogP contribution is -2.24. The van der Waals surface area contributed by atoms with Crippen molar-refractivity contribution in [3.8, 4) is 0 Å².